The molecule has 0 spiro atoms. The fourth-order valence-corrected chi connectivity index (χ4v) is 5.33. The molecule has 4 aromatic rings. The van der Waals surface area contributed by atoms with Crippen molar-refractivity contribution in [3.8, 4) is 11.5 Å². The number of aromatic hydroxyl groups is 1. The molecule has 5 rings (SSSR count). The van der Waals surface area contributed by atoms with E-state index < -0.39 is 4.84 Å². The first-order valence-electron chi connectivity index (χ1n) is 12.0. The number of nitrogens with one attached hydrogen (secondary N) is 1. The second-order valence-corrected chi connectivity index (χ2v) is 10.7. The standard InChI is InChI=1S/C28H27Cl2N3O4/c1-15(34)19-10-16-11-22(31-21(16)12-25(19)37-9-8-32(2)3)28(36)33-14-20(27(29)30)26-18-7-5-4-6-17(18)24(35)13-23(26)33/h4-7,10-13,20,27,31,35H,8-9,14H2,1-3H3/t20-/m1/s1. The summed E-state index contributed by atoms with van der Waals surface area (Å²) in [5.74, 6) is -0.181. The van der Waals surface area contributed by atoms with E-state index in [2.05, 4.69) is 4.98 Å². The lowest BCUT2D eigenvalue weighted by Gasteiger charge is -2.17. The van der Waals surface area contributed by atoms with E-state index in [1.165, 1.54) is 6.92 Å². The van der Waals surface area contributed by atoms with Gasteiger partial charge in [0.1, 0.15) is 28.6 Å². The number of H-pyrrole nitrogens is 1. The number of ketones is 1. The van der Waals surface area contributed by atoms with Crippen LogP contribution in [0.5, 0.6) is 11.5 Å². The number of fused-ring (bicyclic) bond motifs is 4. The number of benzene rings is 3. The lowest BCUT2D eigenvalue weighted by molar-refractivity contribution is 0.0982. The van der Waals surface area contributed by atoms with Crippen LogP contribution in [0.15, 0.2) is 48.5 Å². The van der Waals surface area contributed by atoms with Crippen molar-refractivity contribution >= 4 is 62.3 Å². The molecule has 1 aromatic heterocycles. The molecule has 2 N–H and O–H groups in total. The Bertz CT molecular complexity index is 1530. The van der Waals surface area contributed by atoms with Gasteiger partial charge in [-0.05, 0) is 44.1 Å². The van der Waals surface area contributed by atoms with Crippen LogP contribution in [0, 0.1) is 0 Å². The molecule has 0 aliphatic carbocycles. The molecule has 2 heterocycles. The van der Waals surface area contributed by atoms with E-state index in [-0.39, 0.29) is 29.9 Å². The van der Waals surface area contributed by atoms with Crippen LogP contribution in [-0.4, -0.2) is 65.3 Å². The number of anilines is 1. The Kier molecular flexibility index (Phi) is 6.79. The maximum Gasteiger partial charge on any atom is 0.274 e. The van der Waals surface area contributed by atoms with Crippen molar-refractivity contribution in [1.82, 2.24) is 9.88 Å². The Morgan fingerprint density at radius 2 is 1.89 bits per heavy atom. The third-order valence-corrected chi connectivity index (χ3v) is 7.37. The summed E-state index contributed by atoms with van der Waals surface area (Å²) in [6.45, 7) is 2.88. The molecule has 1 aliphatic rings. The molecule has 0 saturated carbocycles. The fraction of sp³-hybridized carbons (Fsp3) is 0.286. The van der Waals surface area contributed by atoms with Crippen molar-refractivity contribution in [2.75, 3.05) is 38.7 Å². The number of likely N-dealkylation sites (N-methyl/N-ethyl adjacent to an activating group) is 1. The maximum absolute atomic E-state index is 13.8. The number of amides is 1. The molecule has 0 bridgehead atoms. The molecule has 1 atom stereocenters. The molecule has 37 heavy (non-hydrogen) atoms. The van der Waals surface area contributed by atoms with E-state index in [9.17, 15) is 14.7 Å². The molecule has 0 radical (unpaired) electrons. The van der Waals surface area contributed by atoms with Crippen LogP contribution in [-0.2, 0) is 0 Å². The summed E-state index contributed by atoms with van der Waals surface area (Å²) in [5, 5.41) is 12.9. The zero-order valence-electron chi connectivity index (χ0n) is 20.7. The van der Waals surface area contributed by atoms with Gasteiger partial charge in [-0.2, -0.15) is 0 Å². The van der Waals surface area contributed by atoms with E-state index in [0.717, 1.165) is 16.3 Å². The van der Waals surface area contributed by atoms with Crippen LogP contribution in [0.3, 0.4) is 0 Å². The summed E-state index contributed by atoms with van der Waals surface area (Å²) in [6, 6.07) is 14.3. The number of aromatic nitrogens is 1. The second-order valence-electron chi connectivity index (χ2n) is 9.56. The van der Waals surface area contributed by atoms with E-state index in [1.807, 2.05) is 43.3 Å². The molecule has 0 fully saturated rings. The number of alkyl halides is 2. The van der Waals surface area contributed by atoms with Crippen molar-refractivity contribution in [3.05, 3.63) is 65.4 Å². The van der Waals surface area contributed by atoms with Crippen molar-refractivity contribution in [2.45, 2.75) is 17.7 Å². The fourth-order valence-electron chi connectivity index (χ4n) is 4.92. The van der Waals surface area contributed by atoms with Gasteiger partial charge in [-0.3, -0.25) is 9.59 Å². The van der Waals surface area contributed by atoms with Gasteiger partial charge in [-0.25, -0.2) is 0 Å². The second kappa shape index (κ2) is 9.89. The van der Waals surface area contributed by atoms with Crippen LogP contribution in [0.2, 0.25) is 0 Å². The number of hydrogen-bond acceptors (Lipinski definition) is 5. The van der Waals surface area contributed by atoms with Gasteiger partial charge in [-0.15, -0.1) is 23.2 Å². The Balaban J connectivity index is 1.55. The minimum Gasteiger partial charge on any atom is -0.507 e. The first-order valence-corrected chi connectivity index (χ1v) is 12.8. The Hall–Kier alpha value is -3.26. The Labute approximate surface area is 224 Å². The summed E-state index contributed by atoms with van der Waals surface area (Å²) >= 11 is 12.7. The molecular weight excluding hydrogens is 513 g/mol. The highest BCUT2D eigenvalue weighted by Crippen LogP contribution is 2.48. The Morgan fingerprint density at radius 3 is 2.57 bits per heavy atom. The minimum atomic E-state index is -0.743. The molecule has 192 valence electrons. The predicted octanol–water partition coefficient (Wildman–Crippen LogP) is 5.72. The number of phenols is 1. The molecule has 1 aliphatic heterocycles. The highest BCUT2D eigenvalue weighted by Gasteiger charge is 2.38. The number of carbonyl (C=O) groups excluding carboxylic acids is 2. The van der Waals surface area contributed by atoms with Crippen molar-refractivity contribution < 1.29 is 19.4 Å². The first kappa shape index (κ1) is 25.4. The van der Waals surface area contributed by atoms with Crippen molar-refractivity contribution in [1.29, 1.82) is 0 Å². The zero-order chi connectivity index (χ0) is 26.4. The number of Topliss-reactive ketones (excluding diaryl/α,β-unsaturated/α-hetero) is 1. The summed E-state index contributed by atoms with van der Waals surface area (Å²) in [7, 11) is 3.89. The van der Waals surface area contributed by atoms with E-state index in [1.54, 1.807) is 29.2 Å². The zero-order valence-corrected chi connectivity index (χ0v) is 22.2. The Morgan fingerprint density at radius 1 is 1.16 bits per heavy atom. The van der Waals surface area contributed by atoms with Crippen LogP contribution in [0.1, 0.15) is 39.3 Å². The highest BCUT2D eigenvalue weighted by molar-refractivity contribution is 6.45. The number of aromatic amines is 1. The lowest BCUT2D eigenvalue weighted by Crippen LogP contribution is -2.31. The van der Waals surface area contributed by atoms with Gasteiger partial charge < -0.3 is 24.6 Å². The number of carbonyl (C=O) groups is 2. The molecule has 7 nitrogen and oxygen atoms in total. The lowest BCUT2D eigenvalue weighted by atomic mass is 9.95. The van der Waals surface area contributed by atoms with Crippen LogP contribution in [0.4, 0.5) is 5.69 Å². The van der Waals surface area contributed by atoms with Gasteiger partial charge in [0.15, 0.2) is 5.78 Å². The first-order chi connectivity index (χ1) is 17.7. The average molecular weight is 540 g/mol. The van der Waals surface area contributed by atoms with E-state index in [0.29, 0.717) is 46.7 Å². The molecule has 1 amide bonds. The number of ether oxygens (including phenoxy) is 1. The van der Waals surface area contributed by atoms with E-state index >= 15 is 0 Å². The topological polar surface area (TPSA) is 85.9 Å². The van der Waals surface area contributed by atoms with Crippen LogP contribution >= 0.6 is 23.2 Å². The van der Waals surface area contributed by atoms with Crippen LogP contribution < -0.4 is 9.64 Å². The van der Waals surface area contributed by atoms with Crippen molar-refractivity contribution in [3.63, 3.8) is 0 Å². The number of nitrogens with zero attached hydrogens (tertiary/aromatic N) is 2. The molecule has 9 heteroatoms. The normalized spacial score (nSPS) is 15.2. The third kappa shape index (κ3) is 4.63. The van der Waals surface area contributed by atoms with Gasteiger partial charge >= 0.3 is 0 Å². The van der Waals surface area contributed by atoms with Gasteiger partial charge in [0.25, 0.3) is 5.91 Å². The summed E-state index contributed by atoms with van der Waals surface area (Å²) in [5.41, 5.74) is 2.89. The molecular formula is C28H27Cl2N3O4. The summed E-state index contributed by atoms with van der Waals surface area (Å²) < 4.78 is 5.89. The maximum atomic E-state index is 13.8. The number of phenolic OH excluding ortho intramolecular Hbond substituents is 1. The van der Waals surface area contributed by atoms with Gasteiger partial charge in [0, 0.05) is 47.4 Å². The van der Waals surface area contributed by atoms with Crippen molar-refractivity contribution in [2.24, 2.45) is 0 Å². The molecule has 3 aromatic carbocycles. The summed E-state index contributed by atoms with van der Waals surface area (Å²) in [4.78, 5) is 32.1. The van der Waals surface area contributed by atoms with E-state index in [4.69, 9.17) is 27.9 Å². The monoisotopic (exact) mass is 539 g/mol. The number of rotatable bonds is 7. The van der Waals surface area contributed by atoms with Gasteiger partial charge in [-0.1, -0.05) is 24.3 Å². The molecule has 0 unspecified atom stereocenters. The summed E-state index contributed by atoms with van der Waals surface area (Å²) in [6.07, 6.45) is 0. The SMILES string of the molecule is CC(=O)c1cc2cc(C(=O)N3C[C@@H](C(Cl)Cl)c4c3cc(O)c3ccccc43)[nH]c2cc1OCCN(C)C. The predicted molar refractivity (Wildman–Crippen MR) is 148 cm³/mol. The number of hydrogen-bond donors (Lipinski definition) is 2. The molecule has 0 saturated heterocycles. The van der Waals surface area contributed by atoms with Gasteiger partial charge in [0.05, 0.1) is 11.3 Å². The average Bonchev–Trinajstić information content (AvgIpc) is 3.44. The van der Waals surface area contributed by atoms with Crippen LogP contribution in [0.25, 0.3) is 21.7 Å². The minimum absolute atomic E-state index is 0.0794. The highest BCUT2D eigenvalue weighted by atomic mass is 35.5. The smallest absolute Gasteiger partial charge is 0.274 e. The largest absolute Gasteiger partial charge is 0.507 e. The number of halogens is 2. The third-order valence-electron chi connectivity index (χ3n) is 6.76. The quantitative estimate of drug-likeness (QED) is 0.232. The van der Waals surface area contributed by atoms with Gasteiger partial charge in [0.2, 0.25) is 0 Å².